The Kier molecular flexibility index (Phi) is 4.91. The molecule has 2 fully saturated rings. The fraction of sp³-hybridized carbons (Fsp3) is 0.269. The Labute approximate surface area is 207 Å². The quantitative estimate of drug-likeness (QED) is 0.389. The van der Waals surface area contributed by atoms with Gasteiger partial charge >= 0.3 is 0 Å². The lowest BCUT2D eigenvalue weighted by Gasteiger charge is -2.36. The van der Waals surface area contributed by atoms with E-state index in [1.165, 1.54) is 19.2 Å². The van der Waals surface area contributed by atoms with E-state index in [1.54, 1.807) is 10.8 Å². The molecule has 1 aromatic carbocycles. The van der Waals surface area contributed by atoms with Crippen LogP contribution in [0.3, 0.4) is 0 Å². The predicted octanol–water partition coefficient (Wildman–Crippen LogP) is 3.85. The molecule has 6 heterocycles. The number of benzene rings is 1. The Morgan fingerprint density at radius 1 is 0.972 bits per heavy atom. The second-order valence-electron chi connectivity index (χ2n) is 9.34. The Bertz CT molecular complexity index is 1570. The van der Waals surface area contributed by atoms with Gasteiger partial charge in [0.25, 0.3) is 0 Å². The molecule has 2 bridgehead atoms. The van der Waals surface area contributed by atoms with Crippen LogP contribution >= 0.6 is 0 Å². The normalized spacial score (nSPS) is 19.2. The van der Waals surface area contributed by atoms with Crippen LogP contribution in [-0.4, -0.2) is 54.7 Å². The highest BCUT2D eigenvalue weighted by Gasteiger charge is 2.37. The maximum atomic E-state index is 6.11. The Hall–Kier alpha value is -4.31. The minimum Gasteiger partial charge on any atom is -0.457 e. The molecule has 0 amide bonds. The monoisotopic (exact) mass is 479 g/mol. The van der Waals surface area contributed by atoms with Crippen molar-refractivity contribution in [2.45, 2.75) is 31.8 Å². The van der Waals surface area contributed by atoms with Gasteiger partial charge in [-0.15, -0.1) is 0 Å². The summed E-state index contributed by atoms with van der Waals surface area (Å²) in [6.45, 7) is 4.03. The summed E-state index contributed by atoms with van der Waals surface area (Å²) in [6, 6.07) is 14.8. The van der Waals surface area contributed by atoms with Crippen LogP contribution in [-0.2, 0) is 0 Å². The topological polar surface area (TPSA) is 105 Å². The van der Waals surface area contributed by atoms with Gasteiger partial charge in [0, 0.05) is 43.1 Å². The lowest BCUT2D eigenvalue weighted by Crippen LogP contribution is -2.52. The zero-order chi connectivity index (χ0) is 24.1. The second kappa shape index (κ2) is 8.42. The highest BCUT2D eigenvalue weighted by Crippen LogP contribution is 2.34. The number of ether oxygens (including phenoxy) is 1. The van der Waals surface area contributed by atoms with Gasteiger partial charge in [-0.1, -0.05) is 0 Å². The first-order valence-corrected chi connectivity index (χ1v) is 12.2. The third-order valence-corrected chi connectivity index (χ3v) is 7.03. The van der Waals surface area contributed by atoms with Gasteiger partial charge in [-0.3, -0.25) is 0 Å². The number of nitrogens with zero attached hydrogens (tertiary/aromatic N) is 7. The standard InChI is InChI=1S/C26H25N9O/c1-16-10-17(2-6-22(16)36-20-8-9-34-24(11-20)29-15-31-34)32-26-25-21(28-14-30-26)5-7-23(33-25)35-18-3-4-19(35)13-27-12-18/h2,5-11,14-15,18-19,27H,3-4,12-13H2,1H3,(H,28,30,32). The summed E-state index contributed by atoms with van der Waals surface area (Å²) in [5.41, 5.74) is 4.22. The summed E-state index contributed by atoms with van der Waals surface area (Å²) < 4.78 is 7.81. The van der Waals surface area contributed by atoms with Crippen LogP contribution in [0.15, 0.2) is 61.3 Å². The van der Waals surface area contributed by atoms with Gasteiger partial charge in [0.1, 0.15) is 35.5 Å². The molecular formula is C26H25N9O. The fourth-order valence-electron chi connectivity index (χ4n) is 5.28. The van der Waals surface area contributed by atoms with Crippen LogP contribution < -0.4 is 20.3 Å². The fourth-order valence-corrected chi connectivity index (χ4v) is 5.28. The first kappa shape index (κ1) is 21.0. The van der Waals surface area contributed by atoms with E-state index in [2.05, 4.69) is 41.7 Å². The Morgan fingerprint density at radius 3 is 2.72 bits per heavy atom. The minimum absolute atomic E-state index is 0.496. The zero-order valence-corrected chi connectivity index (χ0v) is 19.8. The minimum atomic E-state index is 0.496. The molecule has 2 aliphatic rings. The molecule has 2 unspecified atom stereocenters. The Morgan fingerprint density at radius 2 is 1.86 bits per heavy atom. The van der Waals surface area contributed by atoms with Gasteiger partial charge in [0.05, 0.1) is 5.52 Å². The van der Waals surface area contributed by atoms with Crippen LogP contribution in [0.5, 0.6) is 11.5 Å². The molecule has 180 valence electrons. The van der Waals surface area contributed by atoms with Gasteiger partial charge in [-0.25, -0.2) is 24.5 Å². The van der Waals surface area contributed by atoms with Crippen LogP contribution in [0.1, 0.15) is 18.4 Å². The van der Waals surface area contributed by atoms with E-state index in [0.717, 1.165) is 52.6 Å². The van der Waals surface area contributed by atoms with Crippen molar-refractivity contribution in [1.82, 2.24) is 34.9 Å². The van der Waals surface area contributed by atoms with Crippen molar-refractivity contribution < 1.29 is 4.74 Å². The van der Waals surface area contributed by atoms with Crippen molar-refractivity contribution in [3.63, 3.8) is 0 Å². The van der Waals surface area contributed by atoms with E-state index in [0.29, 0.717) is 23.7 Å². The van der Waals surface area contributed by atoms with Gasteiger partial charge < -0.3 is 20.3 Å². The number of rotatable bonds is 5. The molecule has 0 aliphatic carbocycles. The Balaban J connectivity index is 1.16. The number of hydrogen-bond acceptors (Lipinski definition) is 9. The van der Waals surface area contributed by atoms with Gasteiger partial charge in [0.2, 0.25) is 0 Å². The summed E-state index contributed by atoms with van der Waals surface area (Å²) >= 11 is 0. The van der Waals surface area contributed by atoms with Crippen LogP contribution in [0.4, 0.5) is 17.3 Å². The number of fused-ring (bicyclic) bond motifs is 4. The first-order chi connectivity index (χ1) is 17.7. The summed E-state index contributed by atoms with van der Waals surface area (Å²) in [5.74, 6) is 3.17. The molecule has 2 N–H and O–H groups in total. The lowest BCUT2D eigenvalue weighted by molar-refractivity contribution is 0.478. The number of pyridine rings is 2. The molecule has 10 nitrogen and oxygen atoms in total. The molecule has 5 aromatic rings. The van der Waals surface area contributed by atoms with E-state index in [9.17, 15) is 0 Å². The van der Waals surface area contributed by atoms with Crippen molar-refractivity contribution in [2.24, 2.45) is 0 Å². The second-order valence-corrected chi connectivity index (χ2v) is 9.34. The average Bonchev–Trinajstić information content (AvgIpc) is 3.46. The summed E-state index contributed by atoms with van der Waals surface area (Å²) in [7, 11) is 0. The predicted molar refractivity (Wildman–Crippen MR) is 137 cm³/mol. The van der Waals surface area contributed by atoms with E-state index in [-0.39, 0.29) is 0 Å². The maximum Gasteiger partial charge on any atom is 0.160 e. The third-order valence-electron chi connectivity index (χ3n) is 7.03. The summed E-state index contributed by atoms with van der Waals surface area (Å²) in [4.78, 5) is 20.7. The van der Waals surface area contributed by atoms with Crippen molar-refractivity contribution in [3.05, 3.63) is 66.9 Å². The number of aromatic nitrogens is 6. The van der Waals surface area contributed by atoms with E-state index in [1.807, 2.05) is 49.5 Å². The van der Waals surface area contributed by atoms with Crippen molar-refractivity contribution >= 4 is 34.0 Å². The smallest absolute Gasteiger partial charge is 0.160 e. The molecule has 7 rings (SSSR count). The number of anilines is 3. The molecule has 2 saturated heterocycles. The van der Waals surface area contributed by atoms with E-state index >= 15 is 0 Å². The molecule has 2 atom stereocenters. The molecule has 4 aromatic heterocycles. The van der Waals surface area contributed by atoms with Gasteiger partial charge in [0.15, 0.2) is 11.5 Å². The largest absolute Gasteiger partial charge is 0.457 e. The van der Waals surface area contributed by atoms with Gasteiger partial charge in [-0.2, -0.15) is 5.10 Å². The SMILES string of the molecule is Cc1cc(Nc2ncnc3ccc(N4C5CCC4CNC5)nc23)ccc1Oc1ccn2ncnc2c1. The lowest BCUT2D eigenvalue weighted by atomic mass is 10.2. The number of nitrogens with one attached hydrogen (secondary N) is 2. The number of aryl methyl sites for hydroxylation is 1. The van der Waals surface area contributed by atoms with Crippen molar-refractivity contribution in [3.8, 4) is 11.5 Å². The zero-order valence-electron chi connectivity index (χ0n) is 19.8. The maximum absolute atomic E-state index is 6.11. The van der Waals surface area contributed by atoms with Crippen LogP contribution in [0, 0.1) is 6.92 Å². The average molecular weight is 480 g/mol. The summed E-state index contributed by atoms with van der Waals surface area (Å²) in [6.07, 6.45) is 7.33. The highest BCUT2D eigenvalue weighted by molar-refractivity contribution is 5.88. The highest BCUT2D eigenvalue weighted by atomic mass is 16.5. The number of piperazine rings is 1. The molecule has 0 spiro atoms. The van der Waals surface area contributed by atoms with Crippen molar-refractivity contribution in [1.29, 1.82) is 0 Å². The summed E-state index contributed by atoms with van der Waals surface area (Å²) in [5, 5.41) is 11.1. The van der Waals surface area contributed by atoms with Crippen LogP contribution in [0.25, 0.3) is 16.7 Å². The third kappa shape index (κ3) is 3.66. The van der Waals surface area contributed by atoms with E-state index < -0.39 is 0 Å². The molecule has 0 saturated carbocycles. The van der Waals surface area contributed by atoms with Gasteiger partial charge in [-0.05, 0) is 61.7 Å². The molecule has 36 heavy (non-hydrogen) atoms. The number of hydrogen-bond donors (Lipinski definition) is 2. The van der Waals surface area contributed by atoms with E-state index in [4.69, 9.17) is 9.72 Å². The molecule has 0 radical (unpaired) electrons. The van der Waals surface area contributed by atoms with Crippen LogP contribution in [0.2, 0.25) is 0 Å². The van der Waals surface area contributed by atoms with Crippen molar-refractivity contribution in [2.75, 3.05) is 23.3 Å². The molecular weight excluding hydrogens is 454 g/mol. The first-order valence-electron chi connectivity index (χ1n) is 12.2. The molecule has 2 aliphatic heterocycles. The molecule has 10 heteroatoms.